The number of carbonyl (C=O) groups is 2. The van der Waals surface area contributed by atoms with Crippen molar-refractivity contribution in [3.05, 3.63) is 59.4 Å². The highest BCUT2D eigenvalue weighted by atomic mass is 16.5. The lowest BCUT2D eigenvalue weighted by Crippen LogP contribution is -2.32. The number of ketones is 1. The number of Topliss-reactive ketones (excluding diaryl/α,β-unsaturated/α-hetero) is 1. The molecule has 2 aromatic rings. The molecular formula is C23H27N3O5. The molecule has 0 radical (unpaired) electrons. The monoisotopic (exact) mass is 425 g/mol. The van der Waals surface area contributed by atoms with Crippen molar-refractivity contribution in [3.8, 4) is 11.5 Å². The van der Waals surface area contributed by atoms with Crippen LogP contribution >= 0.6 is 0 Å². The molecule has 1 aromatic carbocycles. The van der Waals surface area contributed by atoms with Crippen molar-refractivity contribution in [2.45, 2.75) is 12.5 Å². The molecule has 0 bridgehead atoms. The van der Waals surface area contributed by atoms with Gasteiger partial charge in [0.05, 0.1) is 25.8 Å². The van der Waals surface area contributed by atoms with Crippen LogP contribution in [0.25, 0.3) is 5.76 Å². The summed E-state index contributed by atoms with van der Waals surface area (Å²) in [6.07, 6.45) is 3.72. The maximum absolute atomic E-state index is 13.0. The lowest BCUT2D eigenvalue weighted by molar-refractivity contribution is -0.139. The van der Waals surface area contributed by atoms with Gasteiger partial charge in [-0.15, -0.1) is 0 Å². The molecule has 0 unspecified atom stereocenters. The van der Waals surface area contributed by atoms with E-state index in [-0.39, 0.29) is 11.3 Å². The molecule has 0 saturated carbocycles. The zero-order valence-electron chi connectivity index (χ0n) is 18.2. The highest BCUT2D eigenvalue weighted by Gasteiger charge is 2.46. The number of aromatic nitrogens is 1. The van der Waals surface area contributed by atoms with Gasteiger partial charge in [0.1, 0.15) is 5.76 Å². The number of aliphatic hydroxyl groups excluding tert-OH is 1. The number of likely N-dealkylation sites (tertiary alicyclic amines) is 1. The van der Waals surface area contributed by atoms with Crippen LogP contribution in [-0.2, 0) is 9.59 Å². The lowest BCUT2D eigenvalue weighted by Gasteiger charge is -2.26. The number of aliphatic hydroxyl groups is 1. The molecule has 164 valence electrons. The molecule has 8 nitrogen and oxygen atoms in total. The Morgan fingerprint density at radius 3 is 2.39 bits per heavy atom. The molecule has 3 rings (SSSR count). The first-order valence-electron chi connectivity index (χ1n) is 9.94. The van der Waals surface area contributed by atoms with Crippen LogP contribution in [-0.4, -0.2) is 73.0 Å². The first-order chi connectivity index (χ1) is 14.9. The van der Waals surface area contributed by atoms with Gasteiger partial charge in [-0.2, -0.15) is 0 Å². The van der Waals surface area contributed by atoms with Gasteiger partial charge < -0.3 is 24.4 Å². The van der Waals surface area contributed by atoms with E-state index in [0.717, 1.165) is 6.54 Å². The van der Waals surface area contributed by atoms with E-state index in [0.29, 0.717) is 35.6 Å². The molecule has 1 fully saturated rings. The van der Waals surface area contributed by atoms with Crippen LogP contribution in [0.2, 0.25) is 0 Å². The maximum atomic E-state index is 13.0. The molecule has 31 heavy (non-hydrogen) atoms. The number of hydrogen-bond acceptors (Lipinski definition) is 7. The quantitative estimate of drug-likeness (QED) is 0.395. The number of nitrogens with zero attached hydrogens (tertiary/aromatic N) is 3. The van der Waals surface area contributed by atoms with Crippen LogP contribution in [0, 0.1) is 0 Å². The van der Waals surface area contributed by atoms with E-state index in [2.05, 4.69) is 4.98 Å². The summed E-state index contributed by atoms with van der Waals surface area (Å²) in [5.41, 5.74) is 1.12. The van der Waals surface area contributed by atoms with Crippen molar-refractivity contribution in [1.82, 2.24) is 14.8 Å². The standard InChI is InChI=1S/C23H27N3O5/c1-25(2)12-5-13-26-20(16-6-7-17(30-3)18(14-16)31-4)19(22(28)23(26)29)21(27)15-8-10-24-11-9-15/h6-11,14,20,27H,5,12-13H2,1-4H3/b21-19+/t20-/m1/s1. The fourth-order valence-corrected chi connectivity index (χ4v) is 3.70. The molecule has 1 saturated heterocycles. The molecule has 8 heteroatoms. The number of amides is 1. The second kappa shape index (κ2) is 9.61. The smallest absolute Gasteiger partial charge is 0.295 e. The summed E-state index contributed by atoms with van der Waals surface area (Å²) in [6, 6.07) is 7.68. The van der Waals surface area contributed by atoms with Crippen LogP contribution in [0.1, 0.15) is 23.6 Å². The van der Waals surface area contributed by atoms with Crippen LogP contribution in [0.3, 0.4) is 0 Å². The minimum Gasteiger partial charge on any atom is -0.507 e. The average Bonchev–Trinajstić information content (AvgIpc) is 3.03. The highest BCUT2D eigenvalue weighted by Crippen LogP contribution is 2.41. The Hall–Kier alpha value is -3.39. The van der Waals surface area contributed by atoms with Crippen molar-refractivity contribution < 1.29 is 24.2 Å². The maximum Gasteiger partial charge on any atom is 0.295 e. The number of ether oxygens (including phenoxy) is 2. The second-order valence-electron chi connectivity index (χ2n) is 7.50. The highest BCUT2D eigenvalue weighted by molar-refractivity contribution is 6.46. The second-order valence-corrected chi connectivity index (χ2v) is 7.50. The molecule has 0 aliphatic carbocycles. The van der Waals surface area contributed by atoms with Gasteiger partial charge in [0.25, 0.3) is 11.7 Å². The number of pyridine rings is 1. The fourth-order valence-electron chi connectivity index (χ4n) is 3.70. The predicted octanol–water partition coefficient (Wildman–Crippen LogP) is 2.47. The third-order valence-corrected chi connectivity index (χ3v) is 5.22. The van der Waals surface area contributed by atoms with E-state index in [9.17, 15) is 14.7 Å². The largest absolute Gasteiger partial charge is 0.507 e. The molecule has 1 amide bonds. The molecule has 1 N–H and O–H groups in total. The number of rotatable bonds is 8. The number of methoxy groups -OCH3 is 2. The lowest BCUT2D eigenvalue weighted by atomic mass is 9.95. The van der Waals surface area contributed by atoms with E-state index in [1.807, 2.05) is 19.0 Å². The van der Waals surface area contributed by atoms with Gasteiger partial charge in [0, 0.05) is 24.5 Å². The van der Waals surface area contributed by atoms with Crippen LogP contribution in [0.5, 0.6) is 11.5 Å². The van der Waals surface area contributed by atoms with Crippen molar-refractivity contribution in [2.24, 2.45) is 0 Å². The zero-order valence-corrected chi connectivity index (χ0v) is 18.2. The van der Waals surface area contributed by atoms with E-state index in [4.69, 9.17) is 9.47 Å². The molecular weight excluding hydrogens is 398 g/mol. The number of carbonyl (C=O) groups excluding carboxylic acids is 2. The summed E-state index contributed by atoms with van der Waals surface area (Å²) in [6.45, 7) is 1.13. The molecule has 0 spiro atoms. The normalized spacial score (nSPS) is 18.0. The average molecular weight is 425 g/mol. The Bertz CT molecular complexity index is 988. The van der Waals surface area contributed by atoms with E-state index in [1.54, 1.807) is 30.3 Å². The van der Waals surface area contributed by atoms with Crippen LogP contribution in [0.4, 0.5) is 0 Å². The van der Waals surface area contributed by atoms with Crippen molar-refractivity contribution >= 4 is 17.4 Å². The Labute approximate surface area is 181 Å². The third kappa shape index (κ3) is 4.54. The number of benzene rings is 1. The molecule has 1 aromatic heterocycles. The van der Waals surface area contributed by atoms with Crippen LogP contribution in [0.15, 0.2) is 48.3 Å². The summed E-state index contributed by atoms with van der Waals surface area (Å²) < 4.78 is 10.7. The molecule has 1 aliphatic heterocycles. The summed E-state index contributed by atoms with van der Waals surface area (Å²) in [4.78, 5) is 33.4. The Morgan fingerprint density at radius 2 is 1.77 bits per heavy atom. The van der Waals surface area contributed by atoms with E-state index < -0.39 is 17.7 Å². The van der Waals surface area contributed by atoms with Crippen LogP contribution < -0.4 is 9.47 Å². The minimum atomic E-state index is -0.741. The van der Waals surface area contributed by atoms with Gasteiger partial charge >= 0.3 is 0 Å². The Morgan fingerprint density at radius 1 is 1.10 bits per heavy atom. The van der Waals surface area contributed by atoms with Gasteiger partial charge in [0.2, 0.25) is 0 Å². The zero-order chi connectivity index (χ0) is 22.5. The topological polar surface area (TPSA) is 92.2 Å². The summed E-state index contributed by atoms with van der Waals surface area (Å²) in [5, 5.41) is 11.0. The van der Waals surface area contributed by atoms with Gasteiger partial charge in [-0.05, 0) is 56.9 Å². The van der Waals surface area contributed by atoms with Crippen molar-refractivity contribution in [3.63, 3.8) is 0 Å². The first kappa shape index (κ1) is 22.3. The third-order valence-electron chi connectivity index (χ3n) is 5.22. The fraction of sp³-hybridized carbons (Fsp3) is 0.348. The minimum absolute atomic E-state index is 0.0493. The van der Waals surface area contributed by atoms with Crippen molar-refractivity contribution in [1.29, 1.82) is 0 Å². The Balaban J connectivity index is 2.13. The SMILES string of the molecule is COc1ccc([C@@H]2/C(=C(\O)c3ccncc3)C(=O)C(=O)N2CCCN(C)C)cc1OC. The van der Waals surface area contributed by atoms with E-state index in [1.165, 1.54) is 31.5 Å². The van der Waals surface area contributed by atoms with Crippen molar-refractivity contribution in [2.75, 3.05) is 41.4 Å². The number of hydrogen-bond donors (Lipinski definition) is 1. The van der Waals surface area contributed by atoms with Gasteiger partial charge in [-0.3, -0.25) is 14.6 Å². The summed E-state index contributed by atoms with van der Waals surface area (Å²) >= 11 is 0. The summed E-state index contributed by atoms with van der Waals surface area (Å²) in [5.74, 6) is -0.559. The van der Waals surface area contributed by atoms with Gasteiger partial charge in [0.15, 0.2) is 11.5 Å². The summed E-state index contributed by atoms with van der Waals surface area (Å²) in [7, 11) is 6.95. The molecule has 1 atom stereocenters. The molecule has 1 aliphatic rings. The first-order valence-corrected chi connectivity index (χ1v) is 9.94. The van der Waals surface area contributed by atoms with Gasteiger partial charge in [-0.1, -0.05) is 6.07 Å². The predicted molar refractivity (Wildman–Crippen MR) is 116 cm³/mol. The van der Waals surface area contributed by atoms with E-state index >= 15 is 0 Å². The van der Waals surface area contributed by atoms with Gasteiger partial charge in [-0.25, -0.2) is 0 Å². The molecule has 2 heterocycles. The Kier molecular flexibility index (Phi) is 6.91.